The van der Waals surface area contributed by atoms with Crippen LogP contribution in [-0.4, -0.2) is 0 Å². The molecule has 1 radical (unpaired) electrons. The molecule has 0 aliphatic rings. The van der Waals surface area contributed by atoms with Gasteiger partial charge >= 0.3 is 0 Å². The minimum absolute atomic E-state index is 0.853. The molecule has 0 atom stereocenters. The Morgan fingerprint density at radius 1 is 0.933 bits per heavy atom. The van der Waals surface area contributed by atoms with E-state index in [9.17, 15) is 0 Å². The Kier molecular flexibility index (Phi) is 2.72. The van der Waals surface area contributed by atoms with E-state index in [1.807, 2.05) is 55.5 Å². The van der Waals surface area contributed by atoms with Crippen LogP contribution in [0.3, 0.4) is 0 Å². The molecule has 2 aromatic carbocycles. The molecule has 0 fully saturated rings. The Morgan fingerprint density at radius 2 is 1.67 bits per heavy atom. The number of hydrogen-bond donors (Lipinski definition) is 0. The van der Waals surface area contributed by atoms with Crippen LogP contribution < -0.4 is 4.74 Å². The Hall–Kier alpha value is -1.76. The first-order chi connectivity index (χ1) is 7.27. The first-order valence-corrected chi connectivity index (χ1v) is 4.92. The third kappa shape index (κ3) is 2.18. The summed E-state index contributed by atoms with van der Waals surface area (Å²) in [6, 6.07) is 15.6. The third-order valence-electron chi connectivity index (χ3n) is 2.37. The fourth-order valence-corrected chi connectivity index (χ4v) is 1.39. The van der Waals surface area contributed by atoms with Gasteiger partial charge in [0.25, 0.3) is 0 Å². The molecule has 0 heterocycles. The van der Waals surface area contributed by atoms with Gasteiger partial charge in [0.05, 0.1) is 0 Å². The Bertz CT molecular complexity index is 446. The molecule has 0 aliphatic carbocycles. The zero-order valence-corrected chi connectivity index (χ0v) is 8.73. The fourth-order valence-electron chi connectivity index (χ4n) is 1.39. The van der Waals surface area contributed by atoms with Crippen molar-refractivity contribution in [1.29, 1.82) is 0 Å². The van der Waals surface area contributed by atoms with Crippen LogP contribution in [0.1, 0.15) is 11.1 Å². The Labute approximate surface area is 90.3 Å². The van der Waals surface area contributed by atoms with Gasteiger partial charge in [0, 0.05) is 0 Å². The van der Waals surface area contributed by atoms with Gasteiger partial charge in [0.2, 0.25) is 0 Å². The van der Waals surface area contributed by atoms with Gasteiger partial charge in [-0.2, -0.15) is 0 Å². The van der Waals surface area contributed by atoms with E-state index in [4.69, 9.17) is 4.74 Å². The zero-order chi connectivity index (χ0) is 10.7. The van der Waals surface area contributed by atoms with Crippen molar-refractivity contribution in [1.82, 2.24) is 0 Å². The lowest BCUT2D eigenvalue weighted by Crippen LogP contribution is -1.89. The quantitative estimate of drug-likeness (QED) is 0.707. The van der Waals surface area contributed by atoms with Crippen molar-refractivity contribution in [3.8, 4) is 11.5 Å². The lowest BCUT2D eigenvalue weighted by atomic mass is 10.1. The number of para-hydroxylation sites is 1. The fraction of sp³-hybridized carbons (Fsp3) is 0.0714. The summed E-state index contributed by atoms with van der Waals surface area (Å²) in [5.74, 6) is 1.72. The van der Waals surface area contributed by atoms with Gasteiger partial charge in [-0.3, -0.25) is 0 Å². The van der Waals surface area contributed by atoms with Gasteiger partial charge in [-0.05, 0) is 43.2 Å². The second kappa shape index (κ2) is 4.18. The van der Waals surface area contributed by atoms with Crippen molar-refractivity contribution in [3.05, 3.63) is 66.6 Å². The van der Waals surface area contributed by atoms with Crippen molar-refractivity contribution in [2.75, 3.05) is 0 Å². The van der Waals surface area contributed by atoms with Crippen LogP contribution in [0.25, 0.3) is 0 Å². The standard InChI is InChI=1S/C14H13O/c1-11-7-6-10-14(12(11)2)15-13-8-4-3-5-9-13/h3-10H,1H2,2H3. The molecule has 0 spiro atoms. The van der Waals surface area contributed by atoms with Crippen molar-refractivity contribution in [2.45, 2.75) is 6.92 Å². The average molecular weight is 197 g/mol. The van der Waals surface area contributed by atoms with Crippen LogP contribution in [0.15, 0.2) is 48.5 Å². The highest BCUT2D eigenvalue weighted by Crippen LogP contribution is 2.26. The highest BCUT2D eigenvalue weighted by molar-refractivity contribution is 5.42. The summed E-state index contributed by atoms with van der Waals surface area (Å²) in [7, 11) is 0. The lowest BCUT2D eigenvalue weighted by molar-refractivity contribution is 0.478. The van der Waals surface area contributed by atoms with E-state index >= 15 is 0 Å². The molecular weight excluding hydrogens is 184 g/mol. The molecular formula is C14H13O. The SMILES string of the molecule is [CH2]c1cccc(Oc2ccccc2)c1C. The monoisotopic (exact) mass is 197 g/mol. The molecule has 1 heteroatoms. The van der Waals surface area contributed by atoms with Crippen LogP contribution in [0.4, 0.5) is 0 Å². The Balaban J connectivity index is 2.29. The maximum atomic E-state index is 5.75. The van der Waals surface area contributed by atoms with Crippen LogP contribution in [0.5, 0.6) is 11.5 Å². The predicted molar refractivity (Wildman–Crippen MR) is 62.2 cm³/mol. The molecule has 15 heavy (non-hydrogen) atoms. The molecule has 0 amide bonds. The zero-order valence-electron chi connectivity index (χ0n) is 8.73. The topological polar surface area (TPSA) is 9.23 Å². The summed E-state index contributed by atoms with van der Waals surface area (Å²) >= 11 is 0. The maximum Gasteiger partial charge on any atom is 0.130 e. The van der Waals surface area contributed by atoms with Gasteiger partial charge in [-0.15, -0.1) is 0 Å². The first-order valence-electron chi connectivity index (χ1n) is 4.92. The molecule has 0 aliphatic heterocycles. The van der Waals surface area contributed by atoms with Gasteiger partial charge < -0.3 is 4.74 Å². The highest BCUT2D eigenvalue weighted by atomic mass is 16.5. The van der Waals surface area contributed by atoms with Gasteiger partial charge in [-0.25, -0.2) is 0 Å². The third-order valence-corrected chi connectivity index (χ3v) is 2.37. The van der Waals surface area contributed by atoms with E-state index in [-0.39, 0.29) is 0 Å². The maximum absolute atomic E-state index is 5.75. The van der Waals surface area contributed by atoms with E-state index < -0.39 is 0 Å². The summed E-state index contributed by atoms with van der Waals surface area (Å²) in [5, 5.41) is 0. The van der Waals surface area contributed by atoms with Crippen molar-refractivity contribution < 1.29 is 4.74 Å². The molecule has 0 N–H and O–H groups in total. The van der Waals surface area contributed by atoms with E-state index in [1.165, 1.54) is 0 Å². The Morgan fingerprint density at radius 3 is 2.40 bits per heavy atom. The van der Waals surface area contributed by atoms with Crippen LogP contribution in [0, 0.1) is 13.8 Å². The predicted octanol–water partition coefficient (Wildman–Crippen LogP) is 3.97. The number of benzene rings is 2. The van der Waals surface area contributed by atoms with Gasteiger partial charge in [-0.1, -0.05) is 30.3 Å². The summed E-state index contributed by atoms with van der Waals surface area (Å²) < 4.78 is 5.75. The number of hydrogen-bond acceptors (Lipinski definition) is 1. The lowest BCUT2D eigenvalue weighted by Gasteiger charge is -2.09. The second-order valence-electron chi connectivity index (χ2n) is 3.46. The van der Waals surface area contributed by atoms with E-state index in [1.54, 1.807) is 0 Å². The normalized spacial score (nSPS) is 10.0. The van der Waals surface area contributed by atoms with Crippen LogP contribution >= 0.6 is 0 Å². The van der Waals surface area contributed by atoms with Crippen molar-refractivity contribution in [3.63, 3.8) is 0 Å². The minimum Gasteiger partial charge on any atom is -0.457 e. The van der Waals surface area contributed by atoms with Crippen molar-refractivity contribution in [2.24, 2.45) is 0 Å². The summed E-state index contributed by atoms with van der Waals surface area (Å²) in [5.41, 5.74) is 2.09. The van der Waals surface area contributed by atoms with Crippen molar-refractivity contribution >= 4 is 0 Å². The van der Waals surface area contributed by atoms with Crippen LogP contribution in [-0.2, 0) is 0 Å². The summed E-state index contributed by atoms with van der Waals surface area (Å²) in [6.07, 6.45) is 0. The van der Waals surface area contributed by atoms with E-state index in [0.717, 1.165) is 22.6 Å². The van der Waals surface area contributed by atoms with E-state index in [2.05, 4.69) is 6.92 Å². The molecule has 0 aromatic heterocycles. The molecule has 2 rings (SSSR count). The summed E-state index contributed by atoms with van der Waals surface area (Å²) in [4.78, 5) is 0. The van der Waals surface area contributed by atoms with Gasteiger partial charge in [0.1, 0.15) is 11.5 Å². The first kappa shape index (κ1) is 9.78. The number of rotatable bonds is 2. The molecule has 1 nitrogen and oxygen atoms in total. The average Bonchev–Trinajstić information content (AvgIpc) is 2.26. The van der Waals surface area contributed by atoms with Gasteiger partial charge in [0.15, 0.2) is 0 Å². The number of ether oxygens (including phenoxy) is 1. The molecule has 0 saturated heterocycles. The molecule has 0 unspecified atom stereocenters. The molecule has 0 bridgehead atoms. The summed E-state index contributed by atoms with van der Waals surface area (Å²) in [6.45, 7) is 5.96. The molecule has 2 aromatic rings. The second-order valence-corrected chi connectivity index (χ2v) is 3.46. The van der Waals surface area contributed by atoms with E-state index in [0.29, 0.717) is 0 Å². The van der Waals surface area contributed by atoms with Crippen LogP contribution in [0.2, 0.25) is 0 Å². The largest absolute Gasteiger partial charge is 0.457 e. The highest BCUT2D eigenvalue weighted by Gasteiger charge is 2.02. The molecule has 75 valence electrons. The molecule has 0 saturated carbocycles. The minimum atomic E-state index is 0.853. The smallest absolute Gasteiger partial charge is 0.130 e.